The second-order valence-electron chi connectivity index (χ2n) is 4.50. The number of carbonyl (C=O) groups is 2. The molecule has 1 amide bonds. The highest BCUT2D eigenvalue weighted by atomic mass is 16.5. The van der Waals surface area contributed by atoms with Gasteiger partial charge < -0.3 is 15.8 Å². The molecule has 20 heavy (non-hydrogen) atoms. The third kappa shape index (κ3) is 4.24. The molecule has 0 atom stereocenters. The first-order chi connectivity index (χ1) is 9.49. The van der Waals surface area contributed by atoms with Crippen LogP contribution in [-0.4, -0.2) is 44.0 Å². The van der Waals surface area contributed by atoms with Gasteiger partial charge in [-0.3, -0.25) is 9.69 Å². The fourth-order valence-electron chi connectivity index (χ4n) is 1.95. The molecule has 1 aromatic rings. The molecule has 0 saturated heterocycles. The Bertz CT molecular complexity index is 489. The van der Waals surface area contributed by atoms with E-state index in [1.165, 1.54) is 7.11 Å². The van der Waals surface area contributed by atoms with E-state index in [9.17, 15) is 9.59 Å². The predicted molar refractivity (Wildman–Crippen MR) is 77.2 cm³/mol. The molecule has 0 radical (unpaired) electrons. The molecule has 0 aliphatic rings. The number of likely N-dealkylation sites (N-methyl/N-ethyl adjacent to an activating group) is 2. The fraction of sp³-hybridized carbons (Fsp3) is 0.429. The zero-order valence-electron chi connectivity index (χ0n) is 12.1. The summed E-state index contributed by atoms with van der Waals surface area (Å²) in [5.74, 6) is -0.525. The van der Waals surface area contributed by atoms with Crippen LogP contribution < -0.4 is 11.1 Å². The van der Waals surface area contributed by atoms with Gasteiger partial charge >= 0.3 is 5.97 Å². The number of hydrogen-bond acceptors (Lipinski definition) is 5. The highest BCUT2D eigenvalue weighted by Crippen LogP contribution is 2.19. The lowest BCUT2D eigenvalue weighted by Crippen LogP contribution is -2.35. The summed E-state index contributed by atoms with van der Waals surface area (Å²) < 4.78 is 4.74. The molecule has 0 spiro atoms. The first-order valence-corrected chi connectivity index (χ1v) is 6.40. The van der Waals surface area contributed by atoms with Gasteiger partial charge in [0.25, 0.3) is 0 Å². The minimum Gasteiger partial charge on any atom is -0.465 e. The van der Waals surface area contributed by atoms with E-state index < -0.39 is 5.97 Å². The molecule has 0 aliphatic heterocycles. The average molecular weight is 279 g/mol. The lowest BCUT2D eigenvalue weighted by molar-refractivity contribution is -0.121. The van der Waals surface area contributed by atoms with Crippen LogP contribution in [0.5, 0.6) is 0 Å². The number of nitrogens with one attached hydrogen (secondary N) is 1. The Morgan fingerprint density at radius 1 is 1.40 bits per heavy atom. The number of nitrogen functional groups attached to an aromatic ring is 1. The molecule has 0 aromatic heterocycles. The normalized spacial score (nSPS) is 10.4. The molecule has 0 saturated carbocycles. The van der Waals surface area contributed by atoms with E-state index in [0.717, 1.165) is 5.56 Å². The number of nitrogens with zero attached hydrogens (tertiary/aromatic N) is 1. The highest BCUT2D eigenvalue weighted by molar-refractivity contribution is 5.96. The van der Waals surface area contributed by atoms with E-state index in [-0.39, 0.29) is 12.5 Å². The van der Waals surface area contributed by atoms with Gasteiger partial charge in [-0.2, -0.15) is 0 Å². The Labute approximate surface area is 118 Å². The maximum atomic E-state index is 11.8. The maximum absolute atomic E-state index is 11.8. The van der Waals surface area contributed by atoms with Gasteiger partial charge in [-0.15, -0.1) is 0 Å². The van der Waals surface area contributed by atoms with Crippen LogP contribution in [0.15, 0.2) is 18.2 Å². The quantitative estimate of drug-likeness (QED) is 0.589. The van der Waals surface area contributed by atoms with E-state index in [4.69, 9.17) is 10.5 Å². The van der Waals surface area contributed by atoms with Gasteiger partial charge in [-0.1, -0.05) is 12.1 Å². The van der Waals surface area contributed by atoms with Crippen molar-refractivity contribution in [1.29, 1.82) is 0 Å². The summed E-state index contributed by atoms with van der Waals surface area (Å²) >= 11 is 0. The van der Waals surface area contributed by atoms with Crippen LogP contribution in [0.2, 0.25) is 0 Å². The number of nitrogens with two attached hydrogens (primary N) is 1. The van der Waals surface area contributed by atoms with Crippen LogP contribution in [0.4, 0.5) is 5.69 Å². The van der Waals surface area contributed by atoms with Gasteiger partial charge in [0.05, 0.1) is 19.2 Å². The van der Waals surface area contributed by atoms with Crippen LogP contribution in [0, 0.1) is 0 Å². The Hall–Kier alpha value is -2.08. The molecular formula is C14H21N3O3. The summed E-state index contributed by atoms with van der Waals surface area (Å²) in [7, 11) is 3.12. The summed E-state index contributed by atoms with van der Waals surface area (Å²) in [5, 5.41) is 2.73. The molecule has 0 unspecified atom stereocenters. The fourth-order valence-corrected chi connectivity index (χ4v) is 1.95. The van der Waals surface area contributed by atoms with Crippen molar-refractivity contribution in [1.82, 2.24) is 10.2 Å². The van der Waals surface area contributed by atoms with Crippen LogP contribution in [0.25, 0.3) is 0 Å². The third-order valence-corrected chi connectivity index (χ3v) is 2.80. The van der Waals surface area contributed by atoms with E-state index >= 15 is 0 Å². The van der Waals surface area contributed by atoms with Gasteiger partial charge in [0, 0.05) is 18.8 Å². The average Bonchev–Trinajstić information content (AvgIpc) is 2.38. The minimum absolute atomic E-state index is 0.0569. The van der Waals surface area contributed by atoms with Crippen molar-refractivity contribution in [2.45, 2.75) is 13.5 Å². The number of ether oxygens (including phenoxy) is 1. The summed E-state index contributed by atoms with van der Waals surface area (Å²) in [4.78, 5) is 25.1. The van der Waals surface area contributed by atoms with Crippen LogP contribution in [0.1, 0.15) is 22.8 Å². The molecule has 0 heterocycles. The van der Waals surface area contributed by atoms with Crippen LogP contribution in [0.3, 0.4) is 0 Å². The van der Waals surface area contributed by atoms with E-state index in [1.54, 1.807) is 25.2 Å². The van der Waals surface area contributed by atoms with Crippen molar-refractivity contribution in [3.05, 3.63) is 29.3 Å². The molecule has 110 valence electrons. The SMILES string of the molecule is CCNC(=O)CN(C)Cc1cccc(N)c1C(=O)OC. The summed E-state index contributed by atoms with van der Waals surface area (Å²) in [5.41, 5.74) is 7.30. The Morgan fingerprint density at radius 2 is 2.10 bits per heavy atom. The highest BCUT2D eigenvalue weighted by Gasteiger charge is 2.17. The number of benzene rings is 1. The number of carbonyl (C=O) groups excluding carboxylic acids is 2. The first-order valence-electron chi connectivity index (χ1n) is 6.40. The topological polar surface area (TPSA) is 84.7 Å². The van der Waals surface area contributed by atoms with Gasteiger partial charge in [-0.05, 0) is 25.6 Å². The number of hydrogen-bond donors (Lipinski definition) is 2. The molecule has 0 bridgehead atoms. The molecule has 3 N–H and O–H groups in total. The monoisotopic (exact) mass is 279 g/mol. The molecular weight excluding hydrogens is 258 g/mol. The first kappa shape index (κ1) is 16.0. The molecule has 1 aromatic carbocycles. The van der Waals surface area contributed by atoms with Crippen LogP contribution >= 0.6 is 0 Å². The number of methoxy groups -OCH3 is 1. The Kier molecular flexibility index (Phi) is 5.99. The van der Waals surface area contributed by atoms with Crippen molar-refractivity contribution in [2.24, 2.45) is 0 Å². The second kappa shape index (κ2) is 7.49. The third-order valence-electron chi connectivity index (χ3n) is 2.80. The summed E-state index contributed by atoms with van der Waals surface area (Å²) in [6.45, 7) is 3.15. The minimum atomic E-state index is -0.468. The molecule has 0 aliphatic carbocycles. The lowest BCUT2D eigenvalue weighted by Gasteiger charge is -2.18. The van der Waals surface area contributed by atoms with Crippen LogP contribution in [-0.2, 0) is 16.1 Å². The Balaban J connectivity index is 2.84. The van der Waals surface area contributed by atoms with E-state index in [1.807, 2.05) is 11.8 Å². The van der Waals surface area contributed by atoms with Crippen molar-refractivity contribution in [3.63, 3.8) is 0 Å². The van der Waals surface area contributed by atoms with E-state index in [0.29, 0.717) is 24.3 Å². The zero-order chi connectivity index (χ0) is 15.1. The van der Waals surface area contributed by atoms with Crippen molar-refractivity contribution in [2.75, 3.05) is 33.0 Å². The van der Waals surface area contributed by atoms with Crippen molar-refractivity contribution >= 4 is 17.6 Å². The molecule has 6 nitrogen and oxygen atoms in total. The largest absolute Gasteiger partial charge is 0.465 e. The number of rotatable bonds is 6. The van der Waals surface area contributed by atoms with Gasteiger partial charge in [0.15, 0.2) is 0 Å². The smallest absolute Gasteiger partial charge is 0.340 e. The maximum Gasteiger partial charge on any atom is 0.340 e. The number of esters is 1. The molecule has 1 rings (SSSR count). The summed E-state index contributed by atoms with van der Waals surface area (Å²) in [6, 6.07) is 5.23. The standard InChI is InChI=1S/C14H21N3O3/c1-4-16-12(18)9-17(2)8-10-6-5-7-11(15)13(10)14(19)20-3/h5-7H,4,8-9,15H2,1-3H3,(H,16,18). The lowest BCUT2D eigenvalue weighted by atomic mass is 10.1. The molecule has 6 heteroatoms. The molecule has 0 fully saturated rings. The van der Waals surface area contributed by atoms with Gasteiger partial charge in [-0.25, -0.2) is 4.79 Å². The number of amides is 1. The second-order valence-corrected chi connectivity index (χ2v) is 4.50. The van der Waals surface area contributed by atoms with Gasteiger partial charge in [0.2, 0.25) is 5.91 Å². The zero-order valence-corrected chi connectivity index (χ0v) is 12.1. The van der Waals surface area contributed by atoms with Crippen molar-refractivity contribution < 1.29 is 14.3 Å². The Morgan fingerprint density at radius 3 is 2.70 bits per heavy atom. The van der Waals surface area contributed by atoms with Gasteiger partial charge in [0.1, 0.15) is 0 Å². The summed E-state index contributed by atoms with van der Waals surface area (Å²) in [6.07, 6.45) is 0. The predicted octanol–water partition coefficient (Wildman–Crippen LogP) is 0.623. The number of anilines is 1. The van der Waals surface area contributed by atoms with E-state index in [2.05, 4.69) is 5.32 Å². The van der Waals surface area contributed by atoms with Crippen molar-refractivity contribution in [3.8, 4) is 0 Å².